The van der Waals surface area contributed by atoms with Crippen molar-refractivity contribution < 1.29 is 24.1 Å². The summed E-state index contributed by atoms with van der Waals surface area (Å²) in [5.41, 5.74) is 4.74. The number of hydrogen-bond donors (Lipinski definition) is 1. The summed E-state index contributed by atoms with van der Waals surface area (Å²) in [5, 5.41) is 9.16. The minimum Gasteiger partial charge on any atom is -0.491 e. The smallest absolute Gasteiger partial charge is 0.142 e. The Balaban J connectivity index is 0.00000100. The molecule has 1 N–H and O–H groups in total. The van der Waals surface area contributed by atoms with Gasteiger partial charge in [-0.15, -0.1) is 0 Å². The van der Waals surface area contributed by atoms with Crippen molar-refractivity contribution in [1.82, 2.24) is 0 Å². The summed E-state index contributed by atoms with van der Waals surface area (Å²) in [6.45, 7) is 7.49. The van der Waals surface area contributed by atoms with Crippen molar-refractivity contribution in [3.63, 3.8) is 0 Å². The van der Waals surface area contributed by atoms with Gasteiger partial charge in [0.15, 0.2) is 0 Å². The first kappa shape index (κ1) is 28.8. The van der Waals surface area contributed by atoms with Crippen LogP contribution in [0.25, 0.3) is 11.1 Å². The number of ether oxygens (including phenoxy) is 3. The average molecular weight is 483 g/mol. The molecule has 0 aromatic heterocycles. The van der Waals surface area contributed by atoms with Gasteiger partial charge < -0.3 is 19.3 Å². The predicted molar refractivity (Wildman–Crippen MR) is 142 cm³/mol. The van der Waals surface area contributed by atoms with Crippen LogP contribution >= 0.6 is 0 Å². The second kappa shape index (κ2) is 17.0. The normalized spacial score (nSPS) is 17.2. The van der Waals surface area contributed by atoms with Gasteiger partial charge in [-0.25, -0.2) is 0 Å². The molecule has 0 radical (unpaired) electrons. The molecule has 0 saturated heterocycles. The number of allylic oxidation sites excluding steroid dienone is 1. The fraction of sp³-hybridized carbons (Fsp3) is 0.500. The molecule has 0 unspecified atom stereocenters. The van der Waals surface area contributed by atoms with E-state index in [0.717, 1.165) is 48.3 Å². The Morgan fingerprint density at radius 2 is 1.74 bits per heavy atom. The van der Waals surface area contributed by atoms with Crippen molar-refractivity contribution in [3.05, 3.63) is 66.2 Å². The van der Waals surface area contributed by atoms with Gasteiger partial charge in [-0.2, -0.15) is 0 Å². The van der Waals surface area contributed by atoms with Crippen LogP contribution in [0.2, 0.25) is 0 Å². The highest BCUT2D eigenvalue weighted by atomic mass is 16.5. The summed E-state index contributed by atoms with van der Waals surface area (Å²) in [4.78, 5) is 9.06. The predicted octanol–water partition coefficient (Wildman–Crippen LogP) is 6.13. The van der Waals surface area contributed by atoms with Crippen LogP contribution in [0.4, 0.5) is 0 Å². The molecule has 35 heavy (non-hydrogen) atoms. The number of aliphatic hydroxyl groups excluding tert-OH is 1. The summed E-state index contributed by atoms with van der Waals surface area (Å²) in [5.74, 6) is 1.49. The highest BCUT2D eigenvalue weighted by Gasteiger charge is 2.23. The first-order chi connectivity index (χ1) is 17.2. The van der Waals surface area contributed by atoms with Crippen LogP contribution in [0.3, 0.4) is 0 Å². The van der Waals surface area contributed by atoms with Gasteiger partial charge in [-0.3, -0.25) is 4.79 Å². The second-order valence-electron chi connectivity index (χ2n) is 8.84. The maximum atomic E-state index is 9.16. The van der Waals surface area contributed by atoms with Crippen molar-refractivity contribution in [2.75, 3.05) is 33.5 Å². The van der Waals surface area contributed by atoms with Crippen LogP contribution < -0.4 is 4.74 Å². The van der Waals surface area contributed by atoms with Crippen molar-refractivity contribution in [2.45, 2.75) is 63.9 Å². The molecular formula is C30H42O5. The Hall–Kier alpha value is -2.47. The standard InChI is InChI=1S/C27H38O4.C3H4O/c1-3-4-17-30-25-12-9-22(10-13-25)24-11-14-26(27(20-24)31-19-18-29-2)23-7-5-21(6-8-23)15-16-28;1-2-3-4/h5-8,11,14,20,22,25,28H,3-4,9-10,12-13,15-19H2,1-2H3;2-3H,1H2. The third kappa shape index (κ3) is 9.96. The zero-order valence-corrected chi connectivity index (χ0v) is 21.4. The number of methoxy groups -OCH3 is 1. The summed E-state index contributed by atoms with van der Waals surface area (Å²) < 4.78 is 17.4. The number of hydrogen-bond acceptors (Lipinski definition) is 5. The Morgan fingerprint density at radius 3 is 2.34 bits per heavy atom. The molecule has 0 spiro atoms. The molecule has 2 aromatic rings. The molecule has 1 aliphatic carbocycles. The minimum absolute atomic E-state index is 0.172. The SMILES string of the molecule is C=CC=O.CCCCOC1CCC(c2ccc(-c3ccc(CCO)cc3)c(OCCOC)c2)CC1. The monoisotopic (exact) mass is 482 g/mol. The van der Waals surface area contributed by atoms with E-state index in [2.05, 4.69) is 56.0 Å². The highest BCUT2D eigenvalue weighted by Crippen LogP contribution is 2.39. The van der Waals surface area contributed by atoms with Gasteiger partial charge in [0, 0.05) is 25.9 Å². The number of aliphatic hydroxyl groups is 1. The van der Waals surface area contributed by atoms with E-state index in [1.165, 1.54) is 30.9 Å². The molecule has 5 heteroatoms. The first-order valence-corrected chi connectivity index (χ1v) is 12.8. The van der Waals surface area contributed by atoms with E-state index in [-0.39, 0.29) is 6.61 Å². The average Bonchev–Trinajstić information content (AvgIpc) is 2.90. The van der Waals surface area contributed by atoms with E-state index in [9.17, 15) is 0 Å². The summed E-state index contributed by atoms with van der Waals surface area (Å²) >= 11 is 0. The molecule has 0 bridgehead atoms. The Bertz CT molecular complexity index is 848. The summed E-state index contributed by atoms with van der Waals surface area (Å²) in [6, 6.07) is 15.1. The number of rotatable bonds is 13. The van der Waals surface area contributed by atoms with Crippen molar-refractivity contribution in [2.24, 2.45) is 0 Å². The van der Waals surface area contributed by atoms with Crippen LogP contribution in [0.5, 0.6) is 5.75 Å². The van der Waals surface area contributed by atoms with Crippen LogP contribution in [-0.2, 0) is 20.7 Å². The van der Waals surface area contributed by atoms with Gasteiger partial charge in [0.1, 0.15) is 18.6 Å². The van der Waals surface area contributed by atoms with E-state index >= 15 is 0 Å². The lowest BCUT2D eigenvalue weighted by Gasteiger charge is -2.29. The van der Waals surface area contributed by atoms with Crippen LogP contribution in [0.15, 0.2) is 55.1 Å². The third-order valence-electron chi connectivity index (χ3n) is 6.31. The molecule has 1 saturated carbocycles. The quantitative estimate of drug-likeness (QED) is 0.211. The number of benzene rings is 2. The van der Waals surface area contributed by atoms with Gasteiger partial charge in [0.25, 0.3) is 0 Å². The van der Waals surface area contributed by atoms with E-state index in [0.29, 0.717) is 37.9 Å². The zero-order chi connectivity index (χ0) is 25.3. The second-order valence-corrected chi connectivity index (χ2v) is 8.84. The molecule has 2 aromatic carbocycles. The maximum absolute atomic E-state index is 9.16. The first-order valence-electron chi connectivity index (χ1n) is 12.8. The topological polar surface area (TPSA) is 65.0 Å². The summed E-state index contributed by atoms with van der Waals surface area (Å²) in [7, 11) is 1.70. The molecule has 3 rings (SSSR count). The van der Waals surface area contributed by atoms with Crippen LogP contribution in [-0.4, -0.2) is 51.0 Å². The Morgan fingerprint density at radius 1 is 1.03 bits per heavy atom. The molecule has 0 atom stereocenters. The van der Waals surface area contributed by atoms with Gasteiger partial charge in [-0.05, 0) is 73.3 Å². The molecule has 0 aliphatic heterocycles. The zero-order valence-electron chi connectivity index (χ0n) is 21.4. The fourth-order valence-corrected chi connectivity index (χ4v) is 4.32. The molecule has 5 nitrogen and oxygen atoms in total. The highest BCUT2D eigenvalue weighted by molar-refractivity contribution is 5.71. The largest absolute Gasteiger partial charge is 0.491 e. The van der Waals surface area contributed by atoms with Crippen molar-refractivity contribution in [3.8, 4) is 16.9 Å². The Kier molecular flexibility index (Phi) is 14.0. The molecule has 0 amide bonds. The minimum atomic E-state index is 0.172. The van der Waals surface area contributed by atoms with Crippen LogP contribution in [0, 0.1) is 0 Å². The van der Waals surface area contributed by atoms with Crippen LogP contribution in [0.1, 0.15) is 62.5 Å². The number of aldehydes is 1. The van der Waals surface area contributed by atoms with E-state index in [1.807, 2.05) is 0 Å². The van der Waals surface area contributed by atoms with Gasteiger partial charge in [-0.1, -0.05) is 56.3 Å². The number of carbonyl (C=O) groups is 1. The van der Waals surface area contributed by atoms with Crippen molar-refractivity contribution in [1.29, 1.82) is 0 Å². The molecular weight excluding hydrogens is 440 g/mol. The lowest BCUT2D eigenvalue weighted by Crippen LogP contribution is -2.21. The summed E-state index contributed by atoms with van der Waals surface area (Å²) in [6.07, 6.45) is 9.91. The van der Waals surface area contributed by atoms with Gasteiger partial charge in [0.2, 0.25) is 0 Å². The Labute approximate surface area is 211 Å². The molecule has 1 aliphatic rings. The lowest BCUT2D eigenvalue weighted by atomic mass is 9.82. The van der Waals surface area contributed by atoms with Gasteiger partial charge in [0.05, 0.1) is 12.7 Å². The van der Waals surface area contributed by atoms with Crippen molar-refractivity contribution >= 4 is 6.29 Å². The van der Waals surface area contributed by atoms with Gasteiger partial charge >= 0.3 is 0 Å². The number of carbonyl (C=O) groups excluding carboxylic acids is 1. The lowest BCUT2D eigenvalue weighted by molar-refractivity contribution is -0.104. The molecule has 0 heterocycles. The fourth-order valence-electron chi connectivity index (χ4n) is 4.32. The molecule has 192 valence electrons. The number of unbranched alkanes of at least 4 members (excludes halogenated alkanes) is 1. The third-order valence-corrected chi connectivity index (χ3v) is 6.31. The van der Waals surface area contributed by atoms with E-state index in [4.69, 9.17) is 24.1 Å². The van der Waals surface area contributed by atoms with E-state index in [1.54, 1.807) is 7.11 Å². The molecule has 1 fully saturated rings. The van der Waals surface area contributed by atoms with E-state index < -0.39 is 0 Å². The maximum Gasteiger partial charge on any atom is 0.142 e.